The van der Waals surface area contributed by atoms with E-state index in [4.69, 9.17) is 0 Å². The highest BCUT2D eigenvalue weighted by Crippen LogP contribution is 2.34. The lowest BCUT2D eigenvalue weighted by Crippen LogP contribution is -2.51. The first-order valence-electron chi connectivity index (χ1n) is 20.7. The summed E-state index contributed by atoms with van der Waals surface area (Å²) < 4.78 is 31.0. The van der Waals surface area contributed by atoms with Crippen LogP contribution in [0.3, 0.4) is 0 Å². The predicted octanol–water partition coefficient (Wildman–Crippen LogP) is 1.72. The van der Waals surface area contributed by atoms with Gasteiger partial charge >= 0.3 is 11.8 Å². The summed E-state index contributed by atoms with van der Waals surface area (Å²) in [5.41, 5.74) is 9.80. The maximum Gasteiger partial charge on any atom is 0.337 e. The Balaban J connectivity index is 1.09. The molecule has 4 heterocycles. The van der Waals surface area contributed by atoms with Crippen molar-refractivity contribution in [1.29, 1.82) is 0 Å². The van der Waals surface area contributed by atoms with Crippen molar-refractivity contribution in [2.45, 2.75) is 103 Å². The van der Waals surface area contributed by atoms with Crippen molar-refractivity contribution in [2.24, 2.45) is 23.7 Å². The number of aliphatic hydroxyl groups excluding tert-OH is 2. The lowest BCUT2D eigenvalue weighted by molar-refractivity contribution is -0.193. The number of aromatic nitrogens is 4. The lowest BCUT2D eigenvalue weighted by Gasteiger charge is -2.41. The largest absolute Gasteiger partial charge is 0.394 e. The lowest BCUT2D eigenvalue weighted by atomic mass is 9.92. The second kappa shape index (κ2) is 20.0. The van der Waals surface area contributed by atoms with Gasteiger partial charge in [-0.2, -0.15) is 8.78 Å². The second-order valence-electron chi connectivity index (χ2n) is 16.3. The van der Waals surface area contributed by atoms with Crippen molar-refractivity contribution >= 4 is 46.9 Å². The molecule has 20 nitrogen and oxygen atoms in total. The molecule has 4 amide bonds. The van der Waals surface area contributed by atoms with Crippen molar-refractivity contribution in [1.82, 2.24) is 40.9 Å². The fourth-order valence-electron chi connectivity index (χ4n) is 8.53. The number of carbonyl (C=O) groups is 4. The molecule has 2 aliphatic heterocycles. The normalized spacial score (nSPS) is 20.2. The smallest absolute Gasteiger partial charge is 0.337 e. The molecule has 2 aromatic rings. The molecular weight excluding hydrogens is 790 g/mol. The van der Waals surface area contributed by atoms with E-state index in [1.54, 1.807) is 23.6 Å². The summed E-state index contributed by atoms with van der Waals surface area (Å²) in [5.74, 6) is -8.58. The van der Waals surface area contributed by atoms with Crippen molar-refractivity contribution in [3.8, 4) is 0 Å². The molecule has 0 aromatic carbocycles. The van der Waals surface area contributed by atoms with Gasteiger partial charge in [-0.3, -0.25) is 51.3 Å². The molecule has 4 atom stereocenters. The third kappa shape index (κ3) is 10.4. The van der Waals surface area contributed by atoms with Gasteiger partial charge in [-0.1, -0.05) is 51.4 Å². The quantitative estimate of drug-likeness (QED) is 0.0604. The van der Waals surface area contributed by atoms with Gasteiger partial charge in [-0.25, -0.2) is 30.1 Å². The third-order valence-electron chi connectivity index (χ3n) is 12.1. The van der Waals surface area contributed by atoms with Crippen LogP contribution in [0.25, 0.3) is 0 Å². The zero-order valence-electron chi connectivity index (χ0n) is 33.9. The van der Waals surface area contributed by atoms with Gasteiger partial charge in [0.25, 0.3) is 0 Å². The number of hydroxylamine groups is 4. The molecule has 0 unspecified atom stereocenters. The maximum absolute atomic E-state index is 15.5. The van der Waals surface area contributed by atoms with Crippen LogP contribution < -0.4 is 31.5 Å². The van der Waals surface area contributed by atoms with Crippen LogP contribution in [0.5, 0.6) is 0 Å². The third-order valence-corrected chi connectivity index (χ3v) is 12.1. The fourth-order valence-corrected chi connectivity index (χ4v) is 8.53. The molecule has 4 aliphatic rings. The van der Waals surface area contributed by atoms with E-state index >= 15 is 8.78 Å². The summed E-state index contributed by atoms with van der Waals surface area (Å²) in [5, 5.41) is 41.0. The van der Waals surface area contributed by atoms with Crippen LogP contribution in [0.4, 0.5) is 32.1 Å². The Kier molecular flexibility index (Phi) is 14.8. The molecule has 0 spiro atoms. The molecule has 330 valence electrons. The summed E-state index contributed by atoms with van der Waals surface area (Å²) in [6, 6.07) is -0.608. The second-order valence-corrected chi connectivity index (χ2v) is 16.3. The first-order chi connectivity index (χ1) is 28.8. The van der Waals surface area contributed by atoms with Crippen molar-refractivity contribution < 1.29 is 48.6 Å². The average molecular weight is 847 g/mol. The van der Waals surface area contributed by atoms with E-state index in [-0.39, 0.29) is 95.0 Å². The van der Waals surface area contributed by atoms with Crippen molar-refractivity contribution in [3.63, 3.8) is 0 Å². The number of rotatable bonds is 18. The number of hydrogen-bond acceptors (Lipinski definition) is 16. The van der Waals surface area contributed by atoms with Gasteiger partial charge < -0.3 is 20.0 Å². The summed E-state index contributed by atoms with van der Waals surface area (Å²) in [7, 11) is 0. The van der Waals surface area contributed by atoms with E-state index in [1.807, 2.05) is 0 Å². The molecule has 2 aliphatic carbocycles. The minimum absolute atomic E-state index is 0.0334. The summed E-state index contributed by atoms with van der Waals surface area (Å²) in [4.78, 5) is 73.3. The molecule has 8 N–H and O–H groups in total. The number of aryl methyl sites for hydroxylation is 2. The van der Waals surface area contributed by atoms with Crippen LogP contribution in [0.15, 0.2) is 0 Å². The summed E-state index contributed by atoms with van der Waals surface area (Å²) in [6.45, 7) is 2.36. The Morgan fingerprint density at radius 1 is 0.650 bits per heavy atom. The molecule has 6 rings (SSSR count). The molecule has 0 radical (unpaired) electrons. The Morgan fingerprint density at radius 3 is 1.33 bits per heavy atom. The number of halogens is 2. The molecule has 60 heavy (non-hydrogen) atoms. The number of carbonyl (C=O) groups excluding carboxylic acids is 4. The Labute approximate surface area is 346 Å². The maximum atomic E-state index is 15.5. The van der Waals surface area contributed by atoms with Crippen molar-refractivity contribution in [2.75, 3.05) is 60.0 Å². The molecule has 2 aromatic heterocycles. The number of hydrogen-bond donors (Lipinski definition) is 8. The highest BCUT2D eigenvalue weighted by atomic mass is 19.1. The van der Waals surface area contributed by atoms with Crippen LogP contribution >= 0.6 is 0 Å². The van der Waals surface area contributed by atoms with Crippen LogP contribution in [0.1, 0.15) is 88.7 Å². The number of nitrogens with one attached hydrogen (secondary N) is 4. The zero-order valence-corrected chi connectivity index (χ0v) is 33.9. The standard InChI is InChI=1S/C38H56F2N12O8/c1-21-41-31(29(39)33(43-21)49-13-11-27(49)19-53)45-47-35(55)25(15-23-7-3-4-8-23)17-51(59)37(57)38(58)52(60)18-26(16-24-9-5-6-10-24)36(56)48-46-32-30(40)34(44-22(2)42-32)50-14-12-28(50)20-54/h23-28,53-54,59-60H,3-20H2,1-2H3,(H,47,55)(H,48,56)(H,41,43,45)(H,42,44,46)/t25-,26-,27+,28+/m1/s1. The van der Waals surface area contributed by atoms with Gasteiger partial charge in [-0.15, -0.1) is 0 Å². The van der Waals surface area contributed by atoms with Crippen LogP contribution in [-0.4, -0.2) is 126 Å². The van der Waals surface area contributed by atoms with E-state index in [1.165, 1.54) is 0 Å². The monoisotopic (exact) mass is 846 g/mol. The summed E-state index contributed by atoms with van der Waals surface area (Å²) in [6.07, 6.45) is 8.69. The van der Waals surface area contributed by atoms with Gasteiger partial charge in [0.05, 0.1) is 50.2 Å². The van der Waals surface area contributed by atoms with E-state index in [9.17, 15) is 39.8 Å². The van der Waals surface area contributed by atoms with Gasteiger partial charge in [-0.05, 0) is 51.4 Å². The number of anilines is 4. The molecular formula is C38H56F2N12O8. The van der Waals surface area contributed by atoms with Gasteiger partial charge in [0.15, 0.2) is 23.3 Å². The fraction of sp³-hybridized carbons (Fsp3) is 0.684. The molecule has 4 fully saturated rings. The number of amides is 4. The first kappa shape index (κ1) is 44.5. The minimum Gasteiger partial charge on any atom is -0.394 e. The van der Waals surface area contributed by atoms with E-state index in [0.29, 0.717) is 25.9 Å². The molecule has 2 saturated heterocycles. The topological polar surface area (TPSA) is 262 Å². The van der Waals surface area contributed by atoms with E-state index < -0.39 is 60.2 Å². The van der Waals surface area contributed by atoms with Crippen LogP contribution in [-0.2, 0) is 19.2 Å². The molecule has 2 saturated carbocycles. The first-order valence-corrected chi connectivity index (χ1v) is 20.7. The molecule has 22 heteroatoms. The minimum atomic E-state index is -1.55. The van der Waals surface area contributed by atoms with E-state index in [2.05, 4.69) is 41.6 Å². The zero-order chi connectivity index (χ0) is 43.1. The van der Waals surface area contributed by atoms with E-state index in [0.717, 1.165) is 51.4 Å². The Bertz CT molecular complexity index is 1730. The predicted molar refractivity (Wildman–Crippen MR) is 210 cm³/mol. The van der Waals surface area contributed by atoms with Gasteiger partial charge in [0.1, 0.15) is 11.6 Å². The number of hydrazine groups is 2. The average Bonchev–Trinajstić information content (AvgIpc) is 3.92. The Morgan fingerprint density at radius 2 is 1.02 bits per heavy atom. The Hall–Kier alpha value is -5.06. The highest BCUT2D eigenvalue weighted by molar-refractivity contribution is 6.34. The van der Waals surface area contributed by atoms with Crippen molar-refractivity contribution in [3.05, 3.63) is 23.3 Å². The van der Waals surface area contributed by atoms with Gasteiger partial charge in [0, 0.05) is 13.1 Å². The molecule has 0 bridgehead atoms. The summed E-state index contributed by atoms with van der Waals surface area (Å²) >= 11 is 0. The SMILES string of the molecule is Cc1nc(NNC(=O)[C@H](CC2CCCC2)CN(O)C(=O)C(=O)N(O)C[C@@H](CC2CCCC2)C(=O)NNc2nc(C)nc(N3CC[C@H]3CO)c2F)c(F)c(N2CC[C@H]2CO)n1. The number of nitrogens with zero attached hydrogens (tertiary/aromatic N) is 8. The highest BCUT2D eigenvalue weighted by Gasteiger charge is 2.37. The van der Waals surface area contributed by atoms with Gasteiger partial charge in [0.2, 0.25) is 23.4 Å². The van der Waals surface area contributed by atoms with Crippen LogP contribution in [0, 0.1) is 49.2 Å². The van der Waals surface area contributed by atoms with Crippen LogP contribution in [0.2, 0.25) is 0 Å². The number of aliphatic hydroxyl groups is 2.